The Labute approximate surface area is 125 Å². The molecule has 3 nitrogen and oxygen atoms in total. The topological polar surface area (TPSA) is 55.1 Å². The van der Waals surface area contributed by atoms with Gasteiger partial charge in [-0.3, -0.25) is 4.79 Å². The van der Waals surface area contributed by atoms with Crippen LogP contribution in [0.25, 0.3) is 0 Å². The maximum atomic E-state index is 13.0. The number of nitrogens with one attached hydrogen (secondary N) is 1. The van der Waals surface area contributed by atoms with Crippen molar-refractivity contribution in [2.24, 2.45) is 11.1 Å². The van der Waals surface area contributed by atoms with E-state index in [9.17, 15) is 9.18 Å². The summed E-state index contributed by atoms with van der Waals surface area (Å²) in [6.07, 6.45) is 4.57. The van der Waals surface area contributed by atoms with Crippen molar-refractivity contribution < 1.29 is 9.18 Å². The molecular formula is C15H22ClFN2O. The summed E-state index contributed by atoms with van der Waals surface area (Å²) in [5.41, 5.74) is 6.30. The average Bonchev–Trinajstić information content (AvgIpc) is 2.89. The van der Waals surface area contributed by atoms with Crippen LogP contribution in [0.4, 0.5) is 4.39 Å². The van der Waals surface area contributed by atoms with E-state index in [4.69, 9.17) is 5.73 Å². The summed E-state index contributed by atoms with van der Waals surface area (Å²) in [5, 5.41) is 2.94. The molecule has 0 aromatic heterocycles. The normalized spacial score (nSPS) is 16.5. The Hall–Kier alpha value is -1.13. The average molecular weight is 301 g/mol. The van der Waals surface area contributed by atoms with Gasteiger partial charge in [0.25, 0.3) is 0 Å². The summed E-state index contributed by atoms with van der Waals surface area (Å²) < 4.78 is 13.0. The molecule has 1 fully saturated rings. The molecule has 0 atom stereocenters. The largest absolute Gasteiger partial charge is 0.355 e. The summed E-state index contributed by atoms with van der Waals surface area (Å²) in [7, 11) is 0. The lowest BCUT2D eigenvalue weighted by Crippen LogP contribution is -2.44. The third-order valence-corrected chi connectivity index (χ3v) is 4.02. The third-order valence-electron chi connectivity index (χ3n) is 4.02. The molecule has 0 aliphatic heterocycles. The summed E-state index contributed by atoms with van der Waals surface area (Å²) in [6.45, 7) is 0.947. The van der Waals surface area contributed by atoms with Crippen LogP contribution >= 0.6 is 12.4 Å². The van der Waals surface area contributed by atoms with Gasteiger partial charge in [-0.1, -0.05) is 25.0 Å². The molecule has 20 heavy (non-hydrogen) atoms. The lowest BCUT2D eigenvalue weighted by atomic mass is 9.85. The number of carbonyl (C=O) groups excluding carboxylic acids is 1. The van der Waals surface area contributed by atoms with Crippen LogP contribution in [0.3, 0.4) is 0 Å². The Balaban J connectivity index is 0.00000200. The molecule has 0 spiro atoms. The highest BCUT2D eigenvalue weighted by Gasteiger charge is 2.39. The fourth-order valence-corrected chi connectivity index (χ4v) is 2.78. The van der Waals surface area contributed by atoms with Crippen LogP contribution in [0.1, 0.15) is 31.2 Å². The highest BCUT2D eigenvalue weighted by molar-refractivity contribution is 5.85. The van der Waals surface area contributed by atoms with Gasteiger partial charge in [0.2, 0.25) is 5.91 Å². The Morgan fingerprint density at radius 3 is 2.65 bits per heavy atom. The van der Waals surface area contributed by atoms with E-state index in [1.54, 1.807) is 6.07 Å². The van der Waals surface area contributed by atoms with Crippen LogP contribution in [0.5, 0.6) is 0 Å². The zero-order valence-corrected chi connectivity index (χ0v) is 12.3. The first-order valence-electron chi connectivity index (χ1n) is 6.89. The molecule has 2 rings (SSSR count). The minimum Gasteiger partial charge on any atom is -0.355 e. The van der Waals surface area contributed by atoms with Crippen molar-refractivity contribution in [2.75, 3.05) is 13.1 Å². The highest BCUT2D eigenvalue weighted by Crippen LogP contribution is 2.37. The van der Waals surface area contributed by atoms with Crippen molar-refractivity contribution in [2.45, 2.75) is 32.1 Å². The molecule has 0 heterocycles. The van der Waals surface area contributed by atoms with Gasteiger partial charge in [-0.15, -0.1) is 12.4 Å². The van der Waals surface area contributed by atoms with E-state index < -0.39 is 0 Å². The molecule has 5 heteroatoms. The second-order valence-corrected chi connectivity index (χ2v) is 5.33. The standard InChI is InChI=1S/C15H21FN2O.ClH/c16-13-5-3-4-12(10-13)6-9-18-14(19)15(11-17)7-1-2-8-15;/h3-5,10H,1-2,6-9,11,17H2,(H,18,19);1H. The van der Waals surface area contributed by atoms with E-state index in [0.29, 0.717) is 19.5 Å². The van der Waals surface area contributed by atoms with Gasteiger partial charge in [0, 0.05) is 13.1 Å². The minimum absolute atomic E-state index is 0. The van der Waals surface area contributed by atoms with E-state index in [1.807, 2.05) is 6.07 Å². The Bertz CT molecular complexity index is 447. The molecule has 0 bridgehead atoms. The Kier molecular flexibility index (Phi) is 6.43. The van der Waals surface area contributed by atoms with Gasteiger partial charge in [0.15, 0.2) is 0 Å². The predicted molar refractivity (Wildman–Crippen MR) is 80.3 cm³/mol. The smallest absolute Gasteiger partial charge is 0.227 e. The minimum atomic E-state index is -0.359. The van der Waals surface area contributed by atoms with Crippen molar-refractivity contribution in [1.82, 2.24) is 5.32 Å². The number of hydrogen-bond donors (Lipinski definition) is 2. The molecule has 0 saturated heterocycles. The number of nitrogens with two attached hydrogens (primary N) is 1. The number of rotatable bonds is 5. The molecule has 1 aromatic carbocycles. The number of benzene rings is 1. The van der Waals surface area contributed by atoms with E-state index >= 15 is 0 Å². The molecule has 3 N–H and O–H groups in total. The molecule has 0 unspecified atom stereocenters. The van der Waals surface area contributed by atoms with Crippen molar-refractivity contribution >= 4 is 18.3 Å². The van der Waals surface area contributed by atoms with E-state index in [0.717, 1.165) is 31.2 Å². The first kappa shape index (κ1) is 16.9. The SMILES string of the molecule is Cl.NCC1(C(=O)NCCc2cccc(F)c2)CCCC1. The molecule has 0 radical (unpaired) electrons. The van der Waals surface area contributed by atoms with Crippen molar-refractivity contribution in [3.63, 3.8) is 0 Å². The van der Waals surface area contributed by atoms with Crippen LogP contribution < -0.4 is 11.1 Å². The van der Waals surface area contributed by atoms with Crippen molar-refractivity contribution in [3.05, 3.63) is 35.6 Å². The second-order valence-electron chi connectivity index (χ2n) is 5.33. The van der Waals surface area contributed by atoms with E-state index in [-0.39, 0.29) is 29.5 Å². The number of hydrogen-bond acceptors (Lipinski definition) is 2. The maximum Gasteiger partial charge on any atom is 0.227 e. The molecule has 1 aliphatic rings. The number of halogens is 2. The first-order valence-corrected chi connectivity index (χ1v) is 6.89. The molecular weight excluding hydrogens is 279 g/mol. The lowest BCUT2D eigenvalue weighted by molar-refractivity contribution is -0.130. The van der Waals surface area contributed by atoms with Gasteiger partial charge in [0.1, 0.15) is 5.82 Å². The van der Waals surface area contributed by atoms with Crippen LogP contribution in [0.2, 0.25) is 0 Å². The molecule has 1 amide bonds. The molecule has 1 aromatic rings. The van der Waals surface area contributed by atoms with Crippen LogP contribution in [-0.4, -0.2) is 19.0 Å². The van der Waals surface area contributed by atoms with Crippen LogP contribution in [-0.2, 0) is 11.2 Å². The van der Waals surface area contributed by atoms with Gasteiger partial charge >= 0.3 is 0 Å². The van der Waals surface area contributed by atoms with E-state index in [2.05, 4.69) is 5.32 Å². The lowest BCUT2D eigenvalue weighted by Gasteiger charge is -2.25. The van der Waals surface area contributed by atoms with Crippen molar-refractivity contribution in [1.29, 1.82) is 0 Å². The number of carbonyl (C=O) groups is 1. The fourth-order valence-electron chi connectivity index (χ4n) is 2.78. The quantitative estimate of drug-likeness (QED) is 0.877. The molecule has 1 aliphatic carbocycles. The summed E-state index contributed by atoms with van der Waals surface area (Å²) >= 11 is 0. The molecule has 1 saturated carbocycles. The third kappa shape index (κ3) is 3.93. The predicted octanol–water partition coefficient (Wildman–Crippen LogP) is 2.43. The van der Waals surface area contributed by atoms with Gasteiger partial charge < -0.3 is 11.1 Å². The summed E-state index contributed by atoms with van der Waals surface area (Å²) in [4.78, 5) is 12.2. The van der Waals surface area contributed by atoms with Gasteiger partial charge in [-0.05, 0) is 37.0 Å². The fraction of sp³-hybridized carbons (Fsp3) is 0.533. The Morgan fingerprint density at radius 1 is 1.35 bits per heavy atom. The molecule has 112 valence electrons. The zero-order chi connectivity index (χ0) is 13.7. The van der Waals surface area contributed by atoms with Gasteiger partial charge in [-0.2, -0.15) is 0 Å². The zero-order valence-electron chi connectivity index (χ0n) is 11.5. The summed E-state index contributed by atoms with van der Waals surface area (Å²) in [5.74, 6) is -0.179. The highest BCUT2D eigenvalue weighted by atomic mass is 35.5. The van der Waals surface area contributed by atoms with Crippen LogP contribution in [0, 0.1) is 11.2 Å². The second kappa shape index (κ2) is 7.60. The Morgan fingerprint density at radius 2 is 2.05 bits per heavy atom. The van der Waals surface area contributed by atoms with Crippen LogP contribution in [0.15, 0.2) is 24.3 Å². The van der Waals surface area contributed by atoms with Gasteiger partial charge in [0.05, 0.1) is 5.41 Å². The van der Waals surface area contributed by atoms with E-state index in [1.165, 1.54) is 12.1 Å². The van der Waals surface area contributed by atoms with Gasteiger partial charge in [-0.25, -0.2) is 4.39 Å². The maximum absolute atomic E-state index is 13.0. The number of amides is 1. The monoisotopic (exact) mass is 300 g/mol. The summed E-state index contributed by atoms with van der Waals surface area (Å²) in [6, 6.07) is 6.47. The first-order chi connectivity index (χ1) is 9.16. The van der Waals surface area contributed by atoms with Crippen molar-refractivity contribution in [3.8, 4) is 0 Å².